The maximum absolute atomic E-state index is 3.64. The summed E-state index contributed by atoms with van der Waals surface area (Å²) in [4.78, 5) is 0. The topological polar surface area (TPSA) is 12.0 Å². The van der Waals surface area contributed by atoms with E-state index < -0.39 is 0 Å². The number of benzene rings is 2. The first kappa shape index (κ1) is 17.0. The standard InChI is InChI=1S/C18H21BrIN/c1-4-21-18(16-10-14(19)8-9-17(16)20)11-15-12(2)6-5-7-13(15)3/h5-10,18,21H,4,11H2,1-3H3. The maximum atomic E-state index is 3.64. The van der Waals surface area contributed by atoms with Gasteiger partial charge in [-0.25, -0.2) is 0 Å². The van der Waals surface area contributed by atoms with Crippen molar-refractivity contribution in [3.8, 4) is 0 Å². The fourth-order valence-electron chi connectivity index (χ4n) is 2.70. The van der Waals surface area contributed by atoms with Crippen molar-refractivity contribution < 1.29 is 0 Å². The van der Waals surface area contributed by atoms with E-state index in [1.54, 1.807) is 0 Å². The summed E-state index contributed by atoms with van der Waals surface area (Å²) in [6, 6.07) is 13.4. The second-order valence-corrected chi connectivity index (χ2v) is 7.43. The Morgan fingerprint density at radius 1 is 1.14 bits per heavy atom. The van der Waals surface area contributed by atoms with Gasteiger partial charge in [0.2, 0.25) is 0 Å². The first-order valence-corrected chi connectivity index (χ1v) is 9.13. The van der Waals surface area contributed by atoms with Crippen molar-refractivity contribution in [2.45, 2.75) is 33.2 Å². The fourth-order valence-corrected chi connectivity index (χ4v) is 3.79. The van der Waals surface area contributed by atoms with Crippen LogP contribution in [0.4, 0.5) is 0 Å². The van der Waals surface area contributed by atoms with E-state index in [4.69, 9.17) is 0 Å². The molecule has 2 rings (SSSR count). The van der Waals surface area contributed by atoms with Crippen LogP contribution in [0, 0.1) is 17.4 Å². The van der Waals surface area contributed by atoms with Gasteiger partial charge in [0.15, 0.2) is 0 Å². The Hall–Kier alpha value is -0.390. The third-order valence-corrected chi connectivity index (χ3v) is 5.31. The third-order valence-electron chi connectivity index (χ3n) is 3.84. The van der Waals surface area contributed by atoms with E-state index in [1.807, 2.05) is 0 Å². The Morgan fingerprint density at radius 2 is 1.81 bits per heavy atom. The zero-order chi connectivity index (χ0) is 15.4. The molecule has 0 aromatic heterocycles. The molecule has 0 aliphatic carbocycles. The lowest BCUT2D eigenvalue weighted by Gasteiger charge is -2.22. The molecule has 0 saturated heterocycles. The van der Waals surface area contributed by atoms with Crippen molar-refractivity contribution in [3.05, 3.63) is 66.7 Å². The van der Waals surface area contributed by atoms with Crippen LogP contribution in [0.5, 0.6) is 0 Å². The predicted octanol–water partition coefficient (Wildman–Crippen LogP) is 5.56. The molecule has 0 aliphatic rings. The van der Waals surface area contributed by atoms with Gasteiger partial charge in [0, 0.05) is 14.1 Å². The van der Waals surface area contributed by atoms with Gasteiger partial charge in [-0.2, -0.15) is 0 Å². The number of aryl methyl sites for hydroxylation is 2. The molecule has 2 aromatic rings. The highest BCUT2D eigenvalue weighted by Crippen LogP contribution is 2.28. The molecule has 0 heterocycles. The van der Waals surface area contributed by atoms with Crippen molar-refractivity contribution >= 4 is 38.5 Å². The normalized spacial score (nSPS) is 12.4. The average Bonchev–Trinajstić information content (AvgIpc) is 2.44. The van der Waals surface area contributed by atoms with Crippen molar-refractivity contribution in [2.24, 2.45) is 0 Å². The second-order valence-electron chi connectivity index (χ2n) is 5.35. The number of hydrogen-bond donors (Lipinski definition) is 1. The third kappa shape index (κ3) is 4.30. The SMILES string of the molecule is CCNC(Cc1c(C)cccc1C)c1cc(Br)ccc1I. The molecule has 0 amide bonds. The van der Waals surface area contributed by atoms with Crippen LogP contribution in [0.15, 0.2) is 40.9 Å². The van der Waals surface area contributed by atoms with Crippen molar-refractivity contribution in [2.75, 3.05) is 6.54 Å². The summed E-state index contributed by atoms with van der Waals surface area (Å²) in [6.07, 6.45) is 1.03. The van der Waals surface area contributed by atoms with Crippen LogP contribution in [0.25, 0.3) is 0 Å². The molecule has 0 bridgehead atoms. The molecule has 1 N–H and O–H groups in total. The van der Waals surface area contributed by atoms with E-state index in [0.717, 1.165) is 17.4 Å². The van der Waals surface area contributed by atoms with Gasteiger partial charge in [-0.1, -0.05) is 41.1 Å². The maximum Gasteiger partial charge on any atom is 0.0371 e. The minimum Gasteiger partial charge on any atom is -0.310 e. The second kappa shape index (κ2) is 7.75. The van der Waals surface area contributed by atoms with Crippen LogP contribution >= 0.6 is 38.5 Å². The van der Waals surface area contributed by atoms with Gasteiger partial charge in [-0.15, -0.1) is 0 Å². The fraction of sp³-hybridized carbons (Fsp3) is 0.333. The number of nitrogens with one attached hydrogen (secondary N) is 1. The van der Waals surface area contributed by atoms with Crippen molar-refractivity contribution in [1.82, 2.24) is 5.32 Å². The van der Waals surface area contributed by atoms with E-state index in [1.165, 1.54) is 25.8 Å². The quantitative estimate of drug-likeness (QED) is 0.579. The molecule has 3 heteroatoms. The molecule has 0 aliphatic heterocycles. The van der Waals surface area contributed by atoms with Crippen LogP contribution in [0.2, 0.25) is 0 Å². The van der Waals surface area contributed by atoms with Gasteiger partial charge in [-0.05, 0) is 89.9 Å². The van der Waals surface area contributed by atoms with Gasteiger partial charge < -0.3 is 5.32 Å². The summed E-state index contributed by atoms with van der Waals surface area (Å²) < 4.78 is 2.45. The van der Waals surface area contributed by atoms with E-state index in [9.17, 15) is 0 Å². The van der Waals surface area contributed by atoms with Crippen LogP contribution in [-0.4, -0.2) is 6.54 Å². The molecule has 21 heavy (non-hydrogen) atoms. The van der Waals surface area contributed by atoms with Crippen LogP contribution in [-0.2, 0) is 6.42 Å². The monoisotopic (exact) mass is 457 g/mol. The minimum absolute atomic E-state index is 0.346. The molecular formula is C18H21BrIN. The molecule has 0 spiro atoms. The summed E-state index contributed by atoms with van der Waals surface area (Å²) in [7, 11) is 0. The van der Waals surface area contributed by atoms with Gasteiger partial charge in [0.05, 0.1) is 0 Å². The number of hydrogen-bond acceptors (Lipinski definition) is 1. The molecule has 112 valence electrons. The molecule has 0 fully saturated rings. The zero-order valence-corrected chi connectivity index (χ0v) is 16.5. The number of halogens is 2. The Bertz CT molecular complexity index is 604. The lowest BCUT2D eigenvalue weighted by atomic mass is 9.93. The Morgan fingerprint density at radius 3 is 2.43 bits per heavy atom. The highest BCUT2D eigenvalue weighted by molar-refractivity contribution is 14.1. The van der Waals surface area contributed by atoms with E-state index in [0.29, 0.717) is 6.04 Å². The van der Waals surface area contributed by atoms with Gasteiger partial charge in [-0.3, -0.25) is 0 Å². The summed E-state index contributed by atoms with van der Waals surface area (Å²) in [5.41, 5.74) is 5.58. The molecule has 1 atom stereocenters. The Balaban J connectivity index is 2.38. The highest BCUT2D eigenvalue weighted by Gasteiger charge is 2.16. The van der Waals surface area contributed by atoms with Crippen molar-refractivity contribution in [3.63, 3.8) is 0 Å². The summed E-state index contributed by atoms with van der Waals surface area (Å²) in [6.45, 7) is 7.55. The molecule has 0 radical (unpaired) electrons. The van der Waals surface area contributed by atoms with Crippen molar-refractivity contribution in [1.29, 1.82) is 0 Å². The van der Waals surface area contributed by atoms with E-state index >= 15 is 0 Å². The van der Waals surface area contributed by atoms with E-state index in [2.05, 4.69) is 101 Å². The van der Waals surface area contributed by atoms with Gasteiger partial charge in [0.25, 0.3) is 0 Å². The number of rotatable bonds is 5. The minimum atomic E-state index is 0.346. The largest absolute Gasteiger partial charge is 0.310 e. The summed E-state index contributed by atoms with van der Waals surface area (Å²) in [5.74, 6) is 0. The van der Waals surface area contributed by atoms with Gasteiger partial charge in [0.1, 0.15) is 0 Å². The summed E-state index contributed by atoms with van der Waals surface area (Å²) in [5, 5.41) is 3.64. The summed E-state index contributed by atoms with van der Waals surface area (Å²) >= 11 is 6.03. The zero-order valence-electron chi connectivity index (χ0n) is 12.7. The van der Waals surface area contributed by atoms with Gasteiger partial charge >= 0.3 is 0 Å². The Labute approximate surface area is 149 Å². The predicted molar refractivity (Wildman–Crippen MR) is 103 cm³/mol. The van der Waals surface area contributed by atoms with E-state index in [-0.39, 0.29) is 0 Å². The number of likely N-dealkylation sites (N-methyl/N-ethyl adjacent to an activating group) is 1. The molecular weight excluding hydrogens is 437 g/mol. The average molecular weight is 458 g/mol. The lowest BCUT2D eigenvalue weighted by Crippen LogP contribution is -2.24. The molecule has 1 nitrogen and oxygen atoms in total. The molecule has 1 unspecified atom stereocenters. The first-order chi connectivity index (χ1) is 10.0. The highest BCUT2D eigenvalue weighted by atomic mass is 127. The van der Waals surface area contributed by atoms with Crippen LogP contribution in [0.3, 0.4) is 0 Å². The lowest BCUT2D eigenvalue weighted by molar-refractivity contribution is 0.545. The van der Waals surface area contributed by atoms with Crippen LogP contribution in [0.1, 0.15) is 35.2 Å². The van der Waals surface area contributed by atoms with Crippen LogP contribution < -0.4 is 5.32 Å². The first-order valence-electron chi connectivity index (χ1n) is 7.26. The molecule has 2 aromatic carbocycles. The Kier molecular flexibility index (Phi) is 6.26. The molecule has 0 saturated carbocycles. The smallest absolute Gasteiger partial charge is 0.0371 e.